The third-order valence-electron chi connectivity index (χ3n) is 16.8. The molecule has 0 spiro atoms. The summed E-state index contributed by atoms with van der Waals surface area (Å²) in [4.78, 5) is 13.3. The minimum absolute atomic E-state index is 0.237. The first kappa shape index (κ1) is 77.0. The Balaban J connectivity index is 1.68. The van der Waals surface area contributed by atoms with Crippen molar-refractivity contribution < 1.29 is 64.6 Å². The van der Waals surface area contributed by atoms with Gasteiger partial charge in [0.05, 0.1) is 32.0 Å². The molecule has 0 aromatic rings. The van der Waals surface area contributed by atoms with E-state index in [1.54, 1.807) is 6.08 Å². The number of aliphatic hydroxyl groups is 8. The van der Waals surface area contributed by atoms with Gasteiger partial charge in [-0.3, -0.25) is 4.79 Å². The number of unbranched alkanes of at least 4 members (excludes halogenated alkanes) is 37. The van der Waals surface area contributed by atoms with Crippen LogP contribution in [0.15, 0.2) is 48.6 Å². The fraction of sp³-hybridized carbons (Fsp3) is 0.870. The van der Waals surface area contributed by atoms with Crippen molar-refractivity contribution in [2.24, 2.45) is 0 Å². The van der Waals surface area contributed by atoms with Crippen molar-refractivity contribution >= 4 is 5.91 Å². The molecule has 0 radical (unpaired) electrons. The summed E-state index contributed by atoms with van der Waals surface area (Å²) in [6, 6.07) is -0.916. The number of carbonyl (C=O) groups is 1. The molecular weight excluding hydrogens is 1050 g/mol. The van der Waals surface area contributed by atoms with E-state index in [4.69, 9.17) is 18.9 Å². The largest absolute Gasteiger partial charge is 0.394 e. The molecule has 2 heterocycles. The van der Waals surface area contributed by atoms with Crippen molar-refractivity contribution in [2.75, 3.05) is 19.8 Å². The van der Waals surface area contributed by atoms with Crippen LogP contribution in [0.1, 0.15) is 290 Å². The molecule has 83 heavy (non-hydrogen) atoms. The Bertz CT molecular complexity index is 1580. The highest BCUT2D eigenvalue weighted by atomic mass is 16.7. The lowest BCUT2D eigenvalue weighted by Gasteiger charge is -2.46. The van der Waals surface area contributed by atoms with Crippen molar-refractivity contribution in [3.05, 3.63) is 48.6 Å². The Labute approximate surface area is 505 Å². The molecule has 0 aromatic heterocycles. The van der Waals surface area contributed by atoms with Crippen LogP contribution in [0.3, 0.4) is 0 Å². The lowest BCUT2D eigenvalue weighted by molar-refractivity contribution is -0.359. The predicted octanol–water partition coefficient (Wildman–Crippen LogP) is 13.5. The maximum absolute atomic E-state index is 13.3. The normalized spacial score (nSPS) is 24.1. The van der Waals surface area contributed by atoms with Gasteiger partial charge in [0.15, 0.2) is 12.6 Å². The van der Waals surface area contributed by atoms with Crippen molar-refractivity contribution in [2.45, 2.75) is 364 Å². The topological polar surface area (TPSA) is 228 Å². The molecule has 0 saturated carbocycles. The van der Waals surface area contributed by atoms with Gasteiger partial charge in [0.25, 0.3) is 0 Å². The van der Waals surface area contributed by atoms with Gasteiger partial charge in [-0.1, -0.05) is 274 Å². The number of amides is 1. The molecule has 9 N–H and O–H groups in total. The molecule has 2 fully saturated rings. The van der Waals surface area contributed by atoms with E-state index in [-0.39, 0.29) is 18.9 Å². The first-order chi connectivity index (χ1) is 40.6. The summed E-state index contributed by atoms with van der Waals surface area (Å²) in [5, 5.41) is 87.4. The minimum atomic E-state index is -1.79. The van der Waals surface area contributed by atoms with Crippen LogP contribution in [-0.2, 0) is 23.7 Å². The zero-order valence-electron chi connectivity index (χ0n) is 52.7. The fourth-order valence-electron chi connectivity index (χ4n) is 11.2. The summed E-state index contributed by atoms with van der Waals surface area (Å²) in [5.41, 5.74) is 0. The van der Waals surface area contributed by atoms with Crippen molar-refractivity contribution in [1.29, 1.82) is 0 Å². The number of carbonyl (C=O) groups excluding carboxylic acids is 1. The monoisotopic (exact) mass is 1180 g/mol. The van der Waals surface area contributed by atoms with Gasteiger partial charge in [-0.25, -0.2) is 0 Å². The third-order valence-corrected chi connectivity index (χ3v) is 16.8. The minimum Gasteiger partial charge on any atom is -0.394 e. The maximum Gasteiger partial charge on any atom is 0.220 e. The molecule has 0 bridgehead atoms. The number of aliphatic hydroxyl groups excluding tert-OH is 8. The number of allylic oxidation sites excluding steroid dienone is 7. The average Bonchev–Trinajstić information content (AvgIpc) is 3.65. The van der Waals surface area contributed by atoms with Crippen LogP contribution in [-0.4, -0.2) is 140 Å². The second-order valence-electron chi connectivity index (χ2n) is 24.3. The van der Waals surface area contributed by atoms with Crippen LogP contribution >= 0.6 is 0 Å². The van der Waals surface area contributed by atoms with Crippen LogP contribution in [0.4, 0.5) is 0 Å². The third kappa shape index (κ3) is 38.8. The quantitative estimate of drug-likeness (QED) is 0.0204. The van der Waals surface area contributed by atoms with Crippen LogP contribution in [0.5, 0.6) is 0 Å². The Morgan fingerprint density at radius 1 is 0.434 bits per heavy atom. The molecule has 0 aromatic carbocycles. The summed E-state index contributed by atoms with van der Waals surface area (Å²) < 4.78 is 22.8. The highest BCUT2D eigenvalue weighted by Crippen LogP contribution is 2.30. The van der Waals surface area contributed by atoms with Gasteiger partial charge in [0.2, 0.25) is 5.91 Å². The summed E-state index contributed by atoms with van der Waals surface area (Å²) in [7, 11) is 0. The van der Waals surface area contributed by atoms with E-state index in [9.17, 15) is 45.6 Å². The molecule has 12 atom stereocenters. The van der Waals surface area contributed by atoms with E-state index >= 15 is 0 Å². The van der Waals surface area contributed by atoms with Crippen LogP contribution in [0.2, 0.25) is 0 Å². The number of nitrogens with one attached hydrogen (secondary N) is 1. The molecular formula is C69H127NO13. The van der Waals surface area contributed by atoms with E-state index in [0.29, 0.717) is 6.42 Å². The molecule has 2 aliphatic heterocycles. The molecule has 0 aliphatic carbocycles. The second kappa shape index (κ2) is 54.1. The van der Waals surface area contributed by atoms with Crippen molar-refractivity contribution in [1.82, 2.24) is 5.32 Å². The molecule has 14 heteroatoms. The van der Waals surface area contributed by atoms with Gasteiger partial charge in [0, 0.05) is 6.42 Å². The number of ether oxygens (including phenoxy) is 4. The Morgan fingerprint density at radius 3 is 1.22 bits per heavy atom. The smallest absolute Gasteiger partial charge is 0.220 e. The van der Waals surface area contributed by atoms with Gasteiger partial charge >= 0.3 is 0 Å². The van der Waals surface area contributed by atoms with E-state index < -0.39 is 86.8 Å². The van der Waals surface area contributed by atoms with Crippen LogP contribution in [0, 0.1) is 0 Å². The van der Waals surface area contributed by atoms with Gasteiger partial charge in [-0.15, -0.1) is 0 Å². The van der Waals surface area contributed by atoms with E-state index in [2.05, 4.69) is 55.6 Å². The van der Waals surface area contributed by atoms with Crippen molar-refractivity contribution in [3.8, 4) is 0 Å². The summed E-state index contributed by atoms with van der Waals surface area (Å²) >= 11 is 0. The highest BCUT2D eigenvalue weighted by molar-refractivity contribution is 5.76. The number of hydrogen-bond donors (Lipinski definition) is 9. The zero-order chi connectivity index (χ0) is 60.2. The Morgan fingerprint density at radius 2 is 0.795 bits per heavy atom. The van der Waals surface area contributed by atoms with Crippen LogP contribution < -0.4 is 5.32 Å². The fourth-order valence-corrected chi connectivity index (χ4v) is 11.2. The summed E-state index contributed by atoms with van der Waals surface area (Å²) in [5.74, 6) is -0.237. The van der Waals surface area contributed by atoms with Gasteiger partial charge in [-0.05, 0) is 57.8 Å². The van der Waals surface area contributed by atoms with Crippen LogP contribution in [0.25, 0.3) is 0 Å². The number of rotatable bonds is 56. The number of hydrogen-bond acceptors (Lipinski definition) is 13. The Kier molecular flexibility index (Phi) is 50.2. The predicted molar refractivity (Wildman–Crippen MR) is 337 cm³/mol. The van der Waals surface area contributed by atoms with E-state index in [1.807, 2.05) is 6.08 Å². The lowest BCUT2D eigenvalue weighted by Crippen LogP contribution is -2.65. The second-order valence-corrected chi connectivity index (χ2v) is 24.3. The molecule has 2 saturated heterocycles. The SMILES string of the molecule is CCCCCCC/C=C\C/C=C\C/C=C\CCCCCCCCCCCCCCCCC(=O)NC(COC1OC(CO)C(OC2OC(CO)C(O)C(O)C2O)C(O)C1O)C(O)/C=C/CCCCCCCCCCCCCCCCCCCC. The van der Waals surface area contributed by atoms with E-state index in [0.717, 1.165) is 51.4 Å². The Hall–Kier alpha value is -2.05. The first-order valence-corrected chi connectivity index (χ1v) is 34.4. The standard InChI is InChI=1S/C69H127NO13/c1-3-5-7-9-11-13-15-17-19-21-23-25-26-27-28-29-30-31-32-33-35-37-39-41-43-45-47-49-51-53-61(74)70-57(58(73)52-50-48-46-44-42-40-38-36-34-24-22-20-18-16-14-12-10-8-6-4-2)56-80-68-66(79)64(77)67(60(55-72)82-68)83-69-65(78)63(76)62(75)59(54-71)81-69/h15,17,21,23,26-27,50,52,57-60,62-69,71-73,75-79H,3-14,16,18-20,22,24-25,28-49,51,53-56H2,1-2H3,(H,70,74)/b17-15-,23-21-,27-26-,52-50+. The zero-order valence-corrected chi connectivity index (χ0v) is 52.7. The molecule has 12 unspecified atom stereocenters. The van der Waals surface area contributed by atoms with Gasteiger partial charge in [-0.2, -0.15) is 0 Å². The average molecular weight is 1180 g/mol. The van der Waals surface area contributed by atoms with E-state index in [1.165, 1.54) is 212 Å². The first-order valence-electron chi connectivity index (χ1n) is 34.4. The molecule has 1 amide bonds. The summed E-state index contributed by atoms with van der Waals surface area (Å²) in [6.45, 7) is 2.82. The summed E-state index contributed by atoms with van der Waals surface area (Å²) in [6.07, 6.45) is 53.0. The highest BCUT2D eigenvalue weighted by Gasteiger charge is 2.51. The maximum atomic E-state index is 13.3. The molecule has 2 aliphatic rings. The van der Waals surface area contributed by atoms with Crippen molar-refractivity contribution in [3.63, 3.8) is 0 Å². The van der Waals surface area contributed by atoms with Gasteiger partial charge in [0.1, 0.15) is 48.8 Å². The van der Waals surface area contributed by atoms with Gasteiger partial charge < -0.3 is 65.1 Å². The molecule has 2 rings (SSSR count). The molecule has 486 valence electrons. The molecule has 14 nitrogen and oxygen atoms in total. The lowest BCUT2D eigenvalue weighted by atomic mass is 9.97.